The Labute approximate surface area is 271 Å². The van der Waals surface area contributed by atoms with Gasteiger partial charge in [-0.25, -0.2) is 4.68 Å². The Kier molecular flexibility index (Phi) is 8.21. The minimum absolute atomic E-state index is 0.00987. The fourth-order valence-corrected chi connectivity index (χ4v) is 8.35. The molecular weight excluding hydrogens is 578 g/mol. The minimum Gasteiger partial charge on any atom is -0.507 e. The number of nitrogens with zero attached hydrogens (tertiary/aromatic N) is 5. The maximum absolute atomic E-state index is 13.4. The third-order valence-corrected chi connectivity index (χ3v) is 10.7. The lowest BCUT2D eigenvalue weighted by atomic mass is 9.67. The van der Waals surface area contributed by atoms with Crippen molar-refractivity contribution in [2.45, 2.75) is 89.4 Å². The topological polar surface area (TPSA) is 101 Å². The van der Waals surface area contributed by atoms with Gasteiger partial charge in [0.1, 0.15) is 23.8 Å². The van der Waals surface area contributed by atoms with Crippen LogP contribution in [-0.2, 0) is 16.8 Å². The van der Waals surface area contributed by atoms with E-state index >= 15 is 0 Å². The molecule has 7 rings (SSSR count). The average molecular weight is 624 g/mol. The number of aromatic hydroxyl groups is 1. The van der Waals surface area contributed by atoms with Gasteiger partial charge in [0.15, 0.2) is 5.78 Å². The van der Waals surface area contributed by atoms with Gasteiger partial charge in [-0.3, -0.25) is 14.5 Å². The lowest BCUT2D eigenvalue weighted by molar-refractivity contribution is -0.153. The summed E-state index contributed by atoms with van der Waals surface area (Å²) >= 11 is 0. The number of piperidine rings is 4. The molecule has 0 spiro atoms. The van der Waals surface area contributed by atoms with Crippen molar-refractivity contribution >= 4 is 17.8 Å². The van der Waals surface area contributed by atoms with E-state index in [1.807, 2.05) is 23.0 Å². The summed E-state index contributed by atoms with van der Waals surface area (Å²) in [4.78, 5) is 31.1. The molecule has 0 bridgehead atoms. The van der Waals surface area contributed by atoms with Crippen molar-refractivity contribution < 1.29 is 19.4 Å². The monoisotopic (exact) mass is 623 g/mol. The summed E-state index contributed by atoms with van der Waals surface area (Å²) in [5.41, 5.74) is 3.06. The number of carbonyl (C=O) groups is 2. The highest BCUT2D eigenvalue weighted by atomic mass is 16.5. The van der Waals surface area contributed by atoms with Crippen molar-refractivity contribution in [1.29, 1.82) is 0 Å². The predicted molar refractivity (Wildman–Crippen MR) is 176 cm³/mol. The van der Waals surface area contributed by atoms with Crippen molar-refractivity contribution in [2.24, 2.45) is 11.8 Å². The molecule has 9 nitrogen and oxygen atoms in total. The van der Waals surface area contributed by atoms with E-state index in [9.17, 15) is 14.7 Å². The van der Waals surface area contributed by atoms with Crippen LogP contribution in [0.4, 0.5) is 0 Å². The molecule has 1 aromatic heterocycles. The molecule has 4 fully saturated rings. The molecule has 5 heterocycles. The summed E-state index contributed by atoms with van der Waals surface area (Å²) in [6.45, 7) is 9.96. The number of fused-ring (bicyclic) bond motifs is 2. The van der Waals surface area contributed by atoms with Gasteiger partial charge in [0, 0.05) is 31.1 Å². The van der Waals surface area contributed by atoms with Crippen molar-refractivity contribution in [1.82, 2.24) is 24.8 Å². The van der Waals surface area contributed by atoms with Gasteiger partial charge in [-0.05, 0) is 91.8 Å². The van der Waals surface area contributed by atoms with Gasteiger partial charge in [-0.15, -0.1) is 5.10 Å². The minimum atomic E-state index is -0.287. The number of benzene rings is 2. The number of carbonyl (C=O) groups excluding carboxylic acids is 2. The van der Waals surface area contributed by atoms with E-state index < -0.39 is 0 Å². The lowest BCUT2D eigenvalue weighted by Gasteiger charge is -2.59. The molecule has 1 N–H and O–H groups in total. The Morgan fingerprint density at radius 2 is 1.87 bits per heavy atom. The zero-order valence-corrected chi connectivity index (χ0v) is 27.1. The Morgan fingerprint density at radius 3 is 2.63 bits per heavy atom. The van der Waals surface area contributed by atoms with Crippen LogP contribution in [0.15, 0.2) is 54.7 Å². The number of amides is 1. The molecule has 4 saturated heterocycles. The van der Waals surface area contributed by atoms with Crippen LogP contribution in [0.5, 0.6) is 11.5 Å². The highest BCUT2D eigenvalue weighted by Crippen LogP contribution is 2.46. The van der Waals surface area contributed by atoms with Crippen molar-refractivity contribution in [3.63, 3.8) is 0 Å². The summed E-state index contributed by atoms with van der Waals surface area (Å²) in [5, 5.41) is 19.3. The van der Waals surface area contributed by atoms with Gasteiger partial charge in [0.25, 0.3) is 0 Å². The van der Waals surface area contributed by atoms with Gasteiger partial charge in [-0.1, -0.05) is 56.3 Å². The van der Waals surface area contributed by atoms with E-state index in [1.54, 1.807) is 18.2 Å². The largest absolute Gasteiger partial charge is 0.507 e. The second kappa shape index (κ2) is 12.3. The Bertz CT molecular complexity index is 1620. The molecule has 46 heavy (non-hydrogen) atoms. The summed E-state index contributed by atoms with van der Waals surface area (Å²) in [6.07, 6.45) is 11.4. The maximum atomic E-state index is 13.4. The van der Waals surface area contributed by atoms with E-state index in [1.165, 1.54) is 56.5 Å². The second-order valence-electron chi connectivity index (χ2n) is 14.7. The highest BCUT2D eigenvalue weighted by Gasteiger charge is 2.52. The second-order valence-corrected chi connectivity index (χ2v) is 14.7. The zero-order chi connectivity index (χ0) is 32.0. The molecular formula is C37H45N5O4. The third kappa shape index (κ3) is 6.09. The molecule has 242 valence electrons. The number of phenols is 1. The van der Waals surface area contributed by atoms with Crippen molar-refractivity contribution in [2.75, 3.05) is 19.6 Å². The number of aromatic nitrogens is 3. The molecule has 3 aromatic rings. The van der Waals surface area contributed by atoms with Gasteiger partial charge in [0.2, 0.25) is 5.91 Å². The molecule has 0 aliphatic carbocycles. The molecule has 1 amide bonds. The summed E-state index contributed by atoms with van der Waals surface area (Å²) in [6, 6.07) is 13.7. The van der Waals surface area contributed by atoms with Gasteiger partial charge < -0.3 is 14.7 Å². The number of allylic oxidation sites excluding steroid dienone is 1. The molecule has 0 unspecified atom stereocenters. The van der Waals surface area contributed by atoms with E-state index in [0.717, 1.165) is 18.5 Å². The predicted octanol–water partition coefficient (Wildman–Crippen LogP) is 5.79. The Hall–Kier alpha value is -3.98. The molecule has 0 radical (unpaired) electrons. The quantitative estimate of drug-likeness (QED) is 0.263. The zero-order valence-electron chi connectivity index (χ0n) is 27.1. The van der Waals surface area contributed by atoms with E-state index in [0.29, 0.717) is 35.7 Å². The van der Waals surface area contributed by atoms with E-state index in [2.05, 4.69) is 53.0 Å². The SMILES string of the molecule is CC(C)(C)c1ccc(/C=C/C(=O)c2ccc(OCc3cn([C@H]4CC(=O)N5C[C@@H]6CCCN7CCC[C@@H]([C@H]67)[C@H]5C4)nn3)cc2O)cc1. The first-order valence-corrected chi connectivity index (χ1v) is 16.9. The maximum Gasteiger partial charge on any atom is 0.224 e. The van der Waals surface area contributed by atoms with Gasteiger partial charge in [0.05, 0.1) is 17.8 Å². The van der Waals surface area contributed by atoms with Crippen LogP contribution in [-0.4, -0.2) is 73.3 Å². The Balaban J connectivity index is 0.962. The van der Waals surface area contributed by atoms with Crippen molar-refractivity contribution in [3.8, 4) is 11.5 Å². The lowest BCUT2D eigenvalue weighted by Crippen LogP contribution is -2.67. The van der Waals surface area contributed by atoms with Crippen LogP contribution in [0.25, 0.3) is 6.08 Å². The van der Waals surface area contributed by atoms with Crippen LogP contribution in [0, 0.1) is 11.8 Å². The number of phenolic OH excluding ortho intramolecular Hbond substituents is 1. The molecule has 9 heteroatoms. The molecule has 5 atom stereocenters. The fourth-order valence-electron chi connectivity index (χ4n) is 8.35. The number of ketones is 1. The first-order chi connectivity index (χ1) is 22.1. The smallest absolute Gasteiger partial charge is 0.224 e. The number of ether oxygens (including phenoxy) is 1. The van der Waals surface area contributed by atoms with Crippen LogP contribution < -0.4 is 4.74 Å². The standard InChI is InChI=1S/C37H45N5O4/c1-37(2,3)26-11-8-24(9-12-26)10-15-33(43)31-14-13-29(20-34(31)44)46-23-27-22-42(39-38-27)28-18-32-30-7-5-17-40-16-4-6-25(36(30)40)21-41(32)35(45)19-28/h8-15,20,22,25,28,30,32,36,44H,4-7,16-19,21,23H2,1-3H3/b15-10+/t25-,28+,30+,32+,36-/m0/s1. The van der Waals surface area contributed by atoms with Crippen LogP contribution >= 0.6 is 0 Å². The molecule has 4 aliphatic heterocycles. The van der Waals surface area contributed by atoms with Gasteiger partial charge >= 0.3 is 0 Å². The third-order valence-electron chi connectivity index (χ3n) is 10.7. The first-order valence-electron chi connectivity index (χ1n) is 16.9. The van der Waals surface area contributed by atoms with Gasteiger partial charge in [-0.2, -0.15) is 0 Å². The summed E-state index contributed by atoms with van der Waals surface area (Å²) in [7, 11) is 0. The van der Waals surface area contributed by atoms with Crippen LogP contribution in [0.3, 0.4) is 0 Å². The van der Waals surface area contributed by atoms with E-state index in [4.69, 9.17) is 4.74 Å². The number of rotatable bonds is 7. The normalized spacial score (nSPS) is 26.5. The summed E-state index contributed by atoms with van der Waals surface area (Å²) in [5.74, 6) is 1.41. The fraction of sp³-hybridized carbons (Fsp3) is 0.514. The highest BCUT2D eigenvalue weighted by molar-refractivity contribution is 6.08. The van der Waals surface area contributed by atoms with Crippen LogP contribution in [0.2, 0.25) is 0 Å². The first kappa shape index (κ1) is 30.7. The number of hydrogen-bond donors (Lipinski definition) is 1. The Morgan fingerprint density at radius 1 is 1.09 bits per heavy atom. The number of hydrogen-bond acceptors (Lipinski definition) is 7. The summed E-state index contributed by atoms with van der Waals surface area (Å²) < 4.78 is 7.76. The van der Waals surface area contributed by atoms with Crippen molar-refractivity contribution in [3.05, 3.63) is 77.1 Å². The van der Waals surface area contributed by atoms with E-state index in [-0.39, 0.29) is 47.1 Å². The van der Waals surface area contributed by atoms with Crippen LogP contribution in [0.1, 0.15) is 92.5 Å². The molecule has 4 aliphatic rings. The average Bonchev–Trinajstić information content (AvgIpc) is 3.52. The molecule has 2 aromatic carbocycles. The molecule has 0 saturated carbocycles.